The Kier molecular flexibility index (Phi) is 7.89. The topological polar surface area (TPSA) is 106 Å². The van der Waals surface area contributed by atoms with Crippen LogP contribution in [0.4, 0.5) is 5.69 Å². The molecule has 192 valence electrons. The van der Waals surface area contributed by atoms with Crippen molar-refractivity contribution in [3.8, 4) is 6.07 Å². The Morgan fingerprint density at radius 3 is 2.21 bits per heavy atom. The number of allylic oxidation sites excluding steroid dienone is 1. The SMILES string of the molecule is COC(=O)C1=C(C(=O)OC)N(c2ccccc2Sc2ccc(C)cc2C)C(N)=C(C#N)C1c1ccccc1. The molecule has 0 spiro atoms. The lowest BCUT2D eigenvalue weighted by molar-refractivity contribution is -0.139. The predicted octanol–water partition coefficient (Wildman–Crippen LogP) is 5.35. The average Bonchev–Trinajstić information content (AvgIpc) is 2.93. The summed E-state index contributed by atoms with van der Waals surface area (Å²) in [7, 11) is 2.46. The fourth-order valence-corrected chi connectivity index (χ4v) is 5.53. The summed E-state index contributed by atoms with van der Waals surface area (Å²) in [5, 5.41) is 10.3. The van der Waals surface area contributed by atoms with Crippen LogP contribution in [0.25, 0.3) is 0 Å². The molecule has 8 heteroatoms. The number of hydrogen-bond acceptors (Lipinski definition) is 8. The molecule has 0 saturated heterocycles. The number of hydrogen-bond donors (Lipinski definition) is 1. The first-order valence-electron chi connectivity index (χ1n) is 11.8. The summed E-state index contributed by atoms with van der Waals surface area (Å²) in [6.07, 6.45) is 0. The van der Waals surface area contributed by atoms with E-state index < -0.39 is 17.9 Å². The molecule has 1 aliphatic rings. The lowest BCUT2D eigenvalue weighted by Gasteiger charge is -2.36. The van der Waals surface area contributed by atoms with Gasteiger partial charge in [0.2, 0.25) is 0 Å². The number of aryl methyl sites for hydroxylation is 2. The van der Waals surface area contributed by atoms with Gasteiger partial charge >= 0.3 is 11.9 Å². The standard InChI is InChI=1S/C30H27N3O4S/c1-18-14-15-23(19(2)16-18)38-24-13-9-8-12-22(24)33-27(30(35)37-4)26(29(34)36-3)25(21(17-31)28(33)32)20-10-6-5-7-11-20/h5-16,25H,32H2,1-4H3. The number of ether oxygens (including phenoxy) is 2. The lowest BCUT2D eigenvalue weighted by Crippen LogP contribution is -2.41. The molecule has 7 nitrogen and oxygen atoms in total. The highest BCUT2D eigenvalue weighted by Crippen LogP contribution is 2.46. The third-order valence-corrected chi connectivity index (χ3v) is 7.51. The average molecular weight is 526 g/mol. The molecule has 0 aliphatic carbocycles. The number of methoxy groups -OCH3 is 2. The number of carbonyl (C=O) groups excluding carboxylic acids is 2. The van der Waals surface area contributed by atoms with Gasteiger partial charge in [0, 0.05) is 9.79 Å². The summed E-state index contributed by atoms with van der Waals surface area (Å²) >= 11 is 1.49. The van der Waals surface area contributed by atoms with Gasteiger partial charge in [0.1, 0.15) is 11.5 Å². The van der Waals surface area contributed by atoms with Crippen LogP contribution in [0.3, 0.4) is 0 Å². The van der Waals surface area contributed by atoms with Gasteiger partial charge in [-0.2, -0.15) is 5.26 Å². The van der Waals surface area contributed by atoms with Crippen molar-refractivity contribution >= 4 is 29.4 Å². The third-order valence-electron chi connectivity index (χ3n) is 6.27. The molecule has 3 aromatic rings. The Morgan fingerprint density at radius 2 is 1.58 bits per heavy atom. The highest BCUT2D eigenvalue weighted by Gasteiger charge is 2.43. The van der Waals surface area contributed by atoms with Crippen LogP contribution in [-0.2, 0) is 19.1 Å². The van der Waals surface area contributed by atoms with Gasteiger partial charge in [-0.25, -0.2) is 9.59 Å². The van der Waals surface area contributed by atoms with Crippen LogP contribution < -0.4 is 10.6 Å². The van der Waals surface area contributed by atoms with Gasteiger partial charge in [-0.3, -0.25) is 4.90 Å². The van der Waals surface area contributed by atoms with Crippen LogP contribution >= 0.6 is 11.8 Å². The van der Waals surface area contributed by atoms with Crippen molar-refractivity contribution in [3.63, 3.8) is 0 Å². The molecular weight excluding hydrogens is 498 g/mol. The molecule has 38 heavy (non-hydrogen) atoms. The highest BCUT2D eigenvalue weighted by atomic mass is 32.2. The number of nitrogens with zero attached hydrogens (tertiary/aromatic N) is 2. The zero-order valence-electron chi connectivity index (χ0n) is 21.5. The summed E-state index contributed by atoms with van der Waals surface area (Å²) in [5.41, 5.74) is 10.0. The van der Waals surface area contributed by atoms with Crippen molar-refractivity contribution in [2.24, 2.45) is 5.73 Å². The predicted molar refractivity (Wildman–Crippen MR) is 146 cm³/mol. The van der Waals surface area contributed by atoms with Crippen molar-refractivity contribution in [1.29, 1.82) is 5.26 Å². The number of benzene rings is 3. The Morgan fingerprint density at radius 1 is 0.921 bits per heavy atom. The lowest BCUT2D eigenvalue weighted by atomic mass is 9.81. The van der Waals surface area contributed by atoms with Crippen molar-refractivity contribution in [1.82, 2.24) is 0 Å². The first-order chi connectivity index (χ1) is 18.3. The van der Waals surface area contributed by atoms with Crippen LogP contribution in [0, 0.1) is 25.2 Å². The molecule has 0 amide bonds. The molecule has 0 saturated carbocycles. The maximum Gasteiger partial charge on any atom is 0.355 e. The Labute approximate surface area is 226 Å². The van der Waals surface area contributed by atoms with E-state index in [9.17, 15) is 14.9 Å². The summed E-state index contributed by atoms with van der Waals surface area (Å²) in [6.45, 7) is 4.06. The van der Waals surface area contributed by atoms with Crippen LogP contribution in [-0.4, -0.2) is 26.2 Å². The molecule has 1 atom stereocenters. The van der Waals surface area contributed by atoms with Crippen LogP contribution in [0.1, 0.15) is 22.6 Å². The van der Waals surface area contributed by atoms with Gasteiger partial charge in [-0.1, -0.05) is 71.9 Å². The summed E-state index contributed by atoms with van der Waals surface area (Å²) in [5.74, 6) is -2.43. The van der Waals surface area contributed by atoms with Crippen molar-refractivity contribution in [2.75, 3.05) is 19.1 Å². The monoisotopic (exact) mass is 525 g/mol. The van der Waals surface area contributed by atoms with Gasteiger partial charge in [0.05, 0.1) is 43.0 Å². The second-order valence-electron chi connectivity index (χ2n) is 8.67. The van der Waals surface area contributed by atoms with Gasteiger partial charge < -0.3 is 15.2 Å². The molecule has 1 unspecified atom stereocenters. The number of esters is 2. The van der Waals surface area contributed by atoms with Crippen LogP contribution in [0.15, 0.2) is 105 Å². The molecule has 0 aromatic heterocycles. The van der Waals surface area contributed by atoms with E-state index in [0.29, 0.717) is 11.3 Å². The zero-order chi connectivity index (χ0) is 27.4. The zero-order valence-corrected chi connectivity index (χ0v) is 22.3. The number of carbonyl (C=O) groups is 2. The minimum atomic E-state index is -0.918. The summed E-state index contributed by atoms with van der Waals surface area (Å²) in [4.78, 5) is 29.9. The van der Waals surface area contributed by atoms with E-state index in [-0.39, 0.29) is 22.7 Å². The van der Waals surface area contributed by atoms with Gasteiger partial charge in [0.25, 0.3) is 0 Å². The molecule has 4 rings (SSSR count). The second kappa shape index (κ2) is 11.3. The molecule has 0 radical (unpaired) electrons. The maximum atomic E-state index is 13.4. The van der Waals surface area contributed by atoms with Gasteiger partial charge in [-0.05, 0) is 43.2 Å². The number of anilines is 1. The highest BCUT2D eigenvalue weighted by molar-refractivity contribution is 7.99. The Hall–Kier alpha value is -4.48. The normalized spacial score (nSPS) is 15.2. The van der Waals surface area contributed by atoms with Crippen molar-refractivity contribution in [3.05, 3.63) is 112 Å². The van der Waals surface area contributed by atoms with Crippen molar-refractivity contribution < 1.29 is 19.1 Å². The van der Waals surface area contributed by atoms with E-state index >= 15 is 0 Å². The number of nitriles is 1. The number of rotatable bonds is 6. The fraction of sp³-hybridized carbons (Fsp3) is 0.167. The minimum absolute atomic E-state index is 0.0254. The Bertz CT molecular complexity index is 1510. The van der Waals surface area contributed by atoms with E-state index in [1.807, 2.05) is 44.2 Å². The molecule has 2 N–H and O–H groups in total. The first-order valence-corrected chi connectivity index (χ1v) is 12.6. The molecule has 0 bridgehead atoms. The first kappa shape index (κ1) is 26.6. The maximum absolute atomic E-state index is 13.4. The second-order valence-corrected chi connectivity index (χ2v) is 9.76. The van der Waals surface area contributed by atoms with Crippen LogP contribution in [0.5, 0.6) is 0 Å². The van der Waals surface area contributed by atoms with Gasteiger partial charge in [-0.15, -0.1) is 0 Å². The smallest absolute Gasteiger partial charge is 0.355 e. The van der Waals surface area contributed by atoms with E-state index in [4.69, 9.17) is 15.2 Å². The fourth-order valence-electron chi connectivity index (χ4n) is 4.52. The van der Waals surface area contributed by atoms with Crippen LogP contribution in [0.2, 0.25) is 0 Å². The quantitative estimate of drug-likeness (QED) is 0.429. The third kappa shape index (κ3) is 4.89. The van der Waals surface area contributed by atoms with Crippen molar-refractivity contribution in [2.45, 2.75) is 29.6 Å². The largest absolute Gasteiger partial charge is 0.466 e. The molecular formula is C30H27N3O4S. The summed E-state index contributed by atoms with van der Waals surface area (Å²) in [6, 6.07) is 24.6. The van der Waals surface area contributed by atoms with E-state index in [2.05, 4.69) is 12.1 Å². The number of nitrogens with two attached hydrogens (primary N) is 1. The van der Waals surface area contributed by atoms with E-state index in [1.54, 1.807) is 36.4 Å². The minimum Gasteiger partial charge on any atom is -0.466 e. The summed E-state index contributed by atoms with van der Waals surface area (Å²) < 4.78 is 10.3. The molecule has 1 heterocycles. The van der Waals surface area contributed by atoms with Gasteiger partial charge in [0.15, 0.2) is 0 Å². The molecule has 0 fully saturated rings. The van der Waals surface area contributed by atoms with E-state index in [0.717, 1.165) is 20.9 Å². The molecule has 1 aliphatic heterocycles. The Balaban J connectivity index is 2.01. The molecule has 3 aromatic carbocycles. The van der Waals surface area contributed by atoms with E-state index in [1.165, 1.54) is 30.9 Å². The number of para-hydroxylation sites is 1.